The Morgan fingerprint density at radius 3 is 2.70 bits per heavy atom. The molecule has 2 unspecified atom stereocenters. The second kappa shape index (κ2) is 7.11. The summed E-state index contributed by atoms with van der Waals surface area (Å²) < 4.78 is 43.8. The topological polar surface area (TPSA) is 49.9 Å². The molecule has 2 aliphatic heterocycles. The minimum Gasteiger partial charge on any atom is -0.445 e. The maximum atomic E-state index is 13.0. The normalized spacial score (nSPS) is 28.3. The number of nitrogens with zero attached hydrogens (tertiary/aromatic N) is 2. The smallest absolute Gasteiger partial charge is 0.410 e. The fourth-order valence-electron chi connectivity index (χ4n) is 2.90. The summed E-state index contributed by atoms with van der Waals surface area (Å²) >= 11 is 3.23. The Kier molecular flexibility index (Phi) is 5.59. The molecule has 5 nitrogen and oxygen atoms in total. The van der Waals surface area contributed by atoms with Crippen molar-refractivity contribution in [2.24, 2.45) is 5.92 Å². The molecule has 2 fully saturated rings. The van der Waals surface area contributed by atoms with Crippen LogP contribution in [0.4, 0.5) is 18.0 Å². The molecule has 0 aliphatic carbocycles. The molecule has 0 aromatic rings. The number of hydrogen-bond donors (Lipinski definition) is 0. The number of hydrogen-bond acceptors (Lipinski definition) is 3. The predicted molar refractivity (Wildman–Crippen MR) is 80.1 cm³/mol. The molecule has 2 aliphatic rings. The average molecular weight is 399 g/mol. The maximum Gasteiger partial charge on any atom is 0.410 e. The lowest BCUT2D eigenvalue weighted by Gasteiger charge is -2.27. The van der Waals surface area contributed by atoms with E-state index in [0.717, 1.165) is 4.90 Å². The summed E-state index contributed by atoms with van der Waals surface area (Å²) in [5, 5.41) is 0. The Bertz CT molecular complexity index is 486. The number of ether oxygens (including phenoxy) is 1. The van der Waals surface area contributed by atoms with Crippen molar-refractivity contribution >= 4 is 27.9 Å². The number of rotatable bonds is 4. The van der Waals surface area contributed by atoms with Crippen LogP contribution in [0.1, 0.15) is 12.8 Å². The zero-order valence-corrected chi connectivity index (χ0v) is 14.0. The van der Waals surface area contributed by atoms with Crippen molar-refractivity contribution in [3.8, 4) is 0 Å². The summed E-state index contributed by atoms with van der Waals surface area (Å²) in [6.45, 7) is 3.46. The van der Waals surface area contributed by atoms with Gasteiger partial charge in [-0.2, -0.15) is 13.2 Å². The Morgan fingerprint density at radius 1 is 1.48 bits per heavy atom. The minimum atomic E-state index is -4.38. The van der Waals surface area contributed by atoms with E-state index < -0.39 is 30.8 Å². The molecule has 23 heavy (non-hydrogen) atoms. The monoisotopic (exact) mass is 398 g/mol. The van der Waals surface area contributed by atoms with Crippen LogP contribution in [0.2, 0.25) is 0 Å². The number of alkyl halides is 4. The molecule has 3 atom stereocenters. The molecule has 0 aromatic heterocycles. The van der Waals surface area contributed by atoms with E-state index in [1.54, 1.807) is 0 Å². The van der Waals surface area contributed by atoms with E-state index in [-0.39, 0.29) is 30.3 Å². The third-order valence-corrected chi connectivity index (χ3v) is 4.95. The van der Waals surface area contributed by atoms with E-state index in [1.807, 2.05) is 0 Å². The highest BCUT2D eigenvalue weighted by molar-refractivity contribution is 9.10. The molecule has 130 valence electrons. The second-order valence-electron chi connectivity index (χ2n) is 5.69. The summed E-state index contributed by atoms with van der Waals surface area (Å²) in [7, 11) is 0. The van der Waals surface area contributed by atoms with Gasteiger partial charge in [0.2, 0.25) is 5.91 Å². The Hall–Kier alpha value is -1.25. The molecule has 2 saturated heterocycles. The van der Waals surface area contributed by atoms with Gasteiger partial charge < -0.3 is 14.5 Å². The molecule has 0 saturated carbocycles. The quantitative estimate of drug-likeness (QED) is 0.540. The van der Waals surface area contributed by atoms with Gasteiger partial charge in [0.25, 0.3) is 0 Å². The predicted octanol–water partition coefficient (Wildman–Crippen LogP) is 2.56. The molecule has 9 heteroatoms. The first-order valence-corrected chi connectivity index (χ1v) is 8.19. The van der Waals surface area contributed by atoms with Crippen molar-refractivity contribution in [1.82, 2.24) is 9.80 Å². The van der Waals surface area contributed by atoms with E-state index >= 15 is 0 Å². The first kappa shape index (κ1) is 18.1. The molecule has 2 heterocycles. The van der Waals surface area contributed by atoms with Gasteiger partial charge >= 0.3 is 12.3 Å². The first-order valence-electron chi connectivity index (χ1n) is 7.28. The van der Waals surface area contributed by atoms with Crippen LogP contribution in [0.25, 0.3) is 0 Å². The van der Waals surface area contributed by atoms with Crippen molar-refractivity contribution in [1.29, 1.82) is 0 Å². The molecule has 0 radical (unpaired) electrons. The lowest BCUT2D eigenvalue weighted by atomic mass is 10.1. The lowest BCUT2D eigenvalue weighted by molar-refractivity contribution is -0.170. The van der Waals surface area contributed by atoms with Gasteiger partial charge in [0.15, 0.2) is 0 Å². The van der Waals surface area contributed by atoms with Crippen LogP contribution in [0.5, 0.6) is 0 Å². The van der Waals surface area contributed by atoms with Gasteiger partial charge in [-0.3, -0.25) is 4.79 Å². The Balaban J connectivity index is 2.07. The zero-order chi connectivity index (χ0) is 17.2. The maximum absolute atomic E-state index is 13.0. The van der Waals surface area contributed by atoms with Crippen LogP contribution < -0.4 is 0 Å². The van der Waals surface area contributed by atoms with Crippen LogP contribution in [0.15, 0.2) is 12.7 Å². The van der Waals surface area contributed by atoms with Gasteiger partial charge in [-0.05, 0) is 12.8 Å². The van der Waals surface area contributed by atoms with Crippen molar-refractivity contribution in [2.45, 2.75) is 29.9 Å². The van der Waals surface area contributed by atoms with E-state index in [4.69, 9.17) is 4.74 Å². The standard InChI is InChI=1S/C14H18BrF3N2O3/c1-2-5-23-13(22)20-7-9(14(16,17)18)6-10(20)8-19-4-3-11(15)12(19)21/h2,9-11H,1,3-8H2/t9?,10?,11-/m0/s1. The van der Waals surface area contributed by atoms with Crippen LogP contribution >= 0.6 is 15.9 Å². The fourth-order valence-corrected chi connectivity index (χ4v) is 3.39. The van der Waals surface area contributed by atoms with Gasteiger partial charge in [0.05, 0.1) is 16.8 Å². The average Bonchev–Trinajstić information content (AvgIpc) is 3.03. The molecular formula is C14H18BrF3N2O3. The minimum absolute atomic E-state index is 0.0646. The van der Waals surface area contributed by atoms with Crippen molar-refractivity contribution < 1.29 is 27.5 Å². The highest BCUT2D eigenvalue weighted by atomic mass is 79.9. The number of likely N-dealkylation sites (tertiary alicyclic amines) is 2. The van der Waals surface area contributed by atoms with Crippen LogP contribution in [-0.2, 0) is 9.53 Å². The highest BCUT2D eigenvalue weighted by Crippen LogP contribution is 2.37. The number of halogens is 4. The lowest BCUT2D eigenvalue weighted by Crippen LogP contribution is -2.44. The van der Waals surface area contributed by atoms with Crippen LogP contribution in [-0.4, -0.2) is 65.1 Å². The van der Waals surface area contributed by atoms with E-state index in [2.05, 4.69) is 22.5 Å². The van der Waals surface area contributed by atoms with Gasteiger partial charge in [0, 0.05) is 19.6 Å². The van der Waals surface area contributed by atoms with Crippen molar-refractivity contribution in [2.75, 3.05) is 26.2 Å². The van der Waals surface area contributed by atoms with E-state index in [1.165, 1.54) is 11.0 Å². The Morgan fingerprint density at radius 2 is 2.17 bits per heavy atom. The molecule has 0 spiro atoms. The second-order valence-corrected chi connectivity index (χ2v) is 6.79. The molecule has 0 bridgehead atoms. The summed E-state index contributed by atoms with van der Waals surface area (Å²) in [5.74, 6) is -1.75. The van der Waals surface area contributed by atoms with Crippen LogP contribution in [0, 0.1) is 5.92 Å². The SMILES string of the molecule is C=CCOC(=O)N1CC(C(F)(F)F)CC1CN1CC[C@H](Br)C1=O. The van der Waals surface area contributed by atoms with E-state index in [9.17, 15) is 22.8 Å². The fraction of sp³-hybridized carbons (Fsp3) is 0.714. The first-order chi connectivity index (χ1) is 10.7. The highest BCUT2D eigenvalue weighted by Gasteiger charge is 2.50. The zero-order valence-electron chi connectivity index (χ0n) is 12.4. The molecule has 2 amide bonds. The van der Waals surface area contributed by atoms with Gasteiger partial charge in [0.1, 0.15) is 6.61 Å². The van der Waals surface area contributed by atoms with Crippen molar-refractivity contribution in [3.05, 3.63) is 12.7 Å². The Labute approximate surface area is 140 Å². The summed E-state index contributed by atoms with van der Waals surface area (Å²) in [4.78, 5) is 26.2. The summed E-state index contributed by atoms with van der Waals surface area (Å²) in [6.07, 6.45) is -3.44. The summed E-state index contributed by atoms with van der Waals surface area (Å²) in [5.41, 5.74) is 0. The largest absolute Gasteiger partial charge is 0.445 e. The molecular weight excluding hydrogens is 381 g/mol. The number of carbonyl (C=O) groups is 2. The molecule has 2 rings (SSSR count). The summed E-state index contributed by atoms with van der Waals surface area (Å²) in [6, 6.07) is -0.694. The van der Waals surface area contributed by atoms with Gasteiger partial charge in [-0.1, -0.05) is 28.6 Å². The van der Waals surface area contributed by atoms with Crippen molar-refractivity contribution in [3.63, 3.8) is 0 Å². The van der Waals surface area contributed by atoms with Gasteiger partial charge in [-0.25, -0.2) is 4.79 Å². The van der Waals surface area contributed by atoms with E-state index in [0.29, 0.717) is 13.0 Å². The molecule has 0 aromatic carbocycles. The third kappa shape index (κ3) is 4.19. The third-order valence-electron chi connectivity index (χ3n) is 4.10. The van der Waals surface area contributed by atoms with Gasteiger partial charge in [-0.15, -0.1) is 0 Å². The number of carbonyl (C=O) groups excluding carboxylic acids is 2. The van der Waals surface area contributed by atoms with Crippen LogP contribution in [0.3, 0.4) is 0 Å². The molecule has 0 N–H and O–H groups in total. The number of amides is 2.